The van der Waals surface area contributed by atoms with E-state index in [4.69, 9.17) is 0 Å². The highest BCUT2D eigenvalue weighted by molar-refractivity contribution is 5.79. The Morgan fingerprint density at radius 3 is 2.55 bits per heavy atom. The molecule has 0 radical (unpaired) electrons. The fourth-order valence-corrected chi connectivity index (χ4v) is 4.66. The van der Waals surface area contributed by atoms with Gasteiger partial charge in [-0.15, -0.1) is 0 Å². The van der Waals surface area contributed by atoms with Crippen LogP contribution < -0.4 is 10.5 Å². The molecule has 0 spiro atoms. The summed E-state index contributed by atoms with van der Waals surface area (Å²) < 4.78 is 0. The number of H-pyrrole nitrogens is 1. The number of nitrogens with one attached hydrogen (secondary N) is 1. The summed E-state index contributed by atoms with van der Waals surface area (Å²) >= 11 is 0. The highest BCUT2D eigenvalue weighted by Crippen LogP contribution is 2.26. The number of hydrogen-bond acceptors (Lipinski definition) is 4. The molecule has 1 aliphatic heterocycles. The maximum Gasteiger partial charge on any atom is 0.254 e. The summed E-state index contributed by atoms with van der Waals surface area (Å²) in [6.07, 6.45) is 2.85. The van der Waals surface area contributed by atoms with Gasteiger partial charge in [0.2, 0.25) is 5.91 Å². The predicted molar refractivity (Wildman–Crippen MR) is 114 cm³/mol. The minimum Gasteiger partial charge on any atom is -0.368 e. The standard InChI is InChI=1S/C23H30N4O2/c1-15-5-4-6-21(16(15)2)26-11-13-27(14-12-26)23(29)18-7-9-19-20(10-8-18)24-17(3)25-22(19)28/h4-6,18H,7-14H2,1-3H3,(H,24,25,28). The molecule has 1 aliphatic carbocycles. The molecule has 1 atom stereocenters. The Hall–Kier alpha value is -2.63. The van der Waals surface area contributed by atoms with Crippen molar-refractivity contribution in [3.05, 3.63) is 56.8 Å². The summed E-state index contributed by atoms with van der Waals surface area (Å²) in [5, 5.41) is 0. The third-order valence-corrected chi connectivity index (χ3v) is 6.55. The molecule has 1 N–H and O–H groups in total. The average Bonchev–Trinajstić information content (AvgIpc) is 2.92. The molecule has 1 aromatic carbocycles. The van der Waals surface area contributed by atoms with Crippen molar-refractivity contribution in [2.45, 2.75) is 46.5 Å². The third-order valence-electron chi connectivity index (χ3n) is 6.55. The number of hydrogen-bond donors (Lipinski definition) is 1. The van der Waals surface area contributed by atoms with Crippen LogP contribution in [0.15, 0.2) is 23.0 Å². The van der Waals surface area contributed by atoms with Gasteiger partial charge in [0.25, 0.3) is 5.56 Å². The van der Waals surface area contributed by atoms with E-state index in [1.165, 1.54) is 16.8 Å². The van der Waals surface area contributed by atoms with E-state index in [9.17, 15) is 9.59 Å². The number of amides is 1. The van der Waals surface area contributed by atoms with Crippen LogP contribution in [-0.2, 0) is 17.6 Å². The summed E-state index contributed by atoms with van der Waals surface area (Å²) in [4.78, 5) is 37.1. The number of aryl methyl sites for hydroxylation is 3. The molecule has 2 heterocycles. The summed E-state index contributed by atoms with van der Waals surface area (Å²) in [7, 11) is 0. The Bertz CT molecular complexity index is 973. The van der Waals surface area contributed by atoms with E-state index in [0.717, 1.165) is 50.3 Å². The van der Waals surface area contributed by atoms with Crippen molar-refractivity contribution in [1.82, 2.24) is 14.9 Å². The topological polar surface area (TPSA) is 69.3 Å². The molecular formula is C23H30N4O2. The number of piperazine rings is 1. The fourth-order valence-electron chi connectivity index (χ4n) is 4.66. The molecule has 2 aromatic rings. The molecule has 1 amide bonds. The Balaban J connectivity index is 1.40. The Morgan fingerprint density at radius 1 is 1.07 bits per heavy atom. The van der Waals surface area contributed by atoms with Crippen LogP contribution in [0.3, 0.4) is 0 Å². The van der Waals surface area contributed by atoms with Gasteiger partial charge in [-0.05, 0) is 63.6 Å². The van der Waals surface area contributed by atoms with Gasteiger partial charge in [0.05, 0.1) is 5.69 Å². The second-order valence-corrected chi connectivity index (χ2v) is 8.38. The van der Waals surface area contributed by atoms with Crippen molar-refractivity contribution >= 4 is 11.6 Å². The normalized spacial score (nSPS) is 19.6. The molecule has 4 rings (SSSR count). The van der Waals surface area contributed by atoms with E-state index in [1.54, 1.807) is 0 Å². The Kier molecular flexibility index (Phi) is 5.43. The Labute approximate surface area is 172 Å². The van der Waals surface area contributed by atoms with Crippen molar-refractivity contribution in [3.8, 4) is 0 Å². The number of benzene rings is 1. The molecule has 2 aliphatic rings. The van der Waals surface area contributed by atoms with Crippen molar-refractivity contribution in [3.63, 3.8) is 0 Å². The van der Waals surface area contributed by atoms with Crippen LogP contribution in [0.25, 0.3) is 0 Å². The van der Waals surface area contributed by atoms with Gasteiger partial charge >= 0.3 is 0 Å². The van der Waals surface area contributed by atoms with Gasteiger partial charge in [-0.2, -0.15) is 0 Å². The predicted octanol–water partition coefficient (Wildman–Crippen LogP) is 2.54. The van der Waals surface area contributed by atoms with Gasteiger partial charge in [-0.25, -0.2) is 4.98 Å². The third kappa shape index (κ3) is 3.93. The molecule has 0 bridgehead atoms. The SMILES string of the molecule is Cc1nc2c(c(=O)[nH]1)CCC(C(=O)N1CCN(c3cccc(C)c3C)CC1)CC2. The summed E-state index contributed by atoms with van der Waals surface area (Å²) in [5.74, 6) is 0.879. The minimum absolute atomic E-state index is 0.0174. The zero-order valence-electron chi connectivity index (χ0n) is 17.6. The van der Waals surface area contributed by atoms with Crippen LogP contribution in [0.5, 0.6) is 0 Å². The lowest BCUT2D eigenvalue weighted by molar-refractivity contribution is -0.136. The first-order valence-electron chi connectivity index (χ1n) is 10.6. The number of aromatic amines is 1. The van der Waals surface area contributed by atoms with Crippen LogP contribution in [0.1, 0.15) is 41.1 Å². The second-order valence-electron chi connectivity index (χ2n) is 8.38. The monoisotopic (exact) mass is 394 g/mol. The van der Waals surface area contributed by atoms with E-state index in [-0.39, 0.29) is 17.4 Å². The molecule has 29 heavy (non-hydrogen) atoms. The smallest absolute Gasteiger partial charge is 0.254 e. The number of nitrogens with zero attached hydrogens (tertiary/aromatic N) is 3. The van der Waals surface area contributed by atoms with Gasteiger partial charge < -0.3 is 14.8 Å². The van der Waals surface area contributed by atoms with Crippen LogP contribution in [0, 0.1) is 26.7 Å². The van der Waals surface area contributed by atoms with Crippen molar-refractivity contribution < 1.29 is 4.79 Å². The van der Waals surface area contributed by atoms with E-state index in [1.807, 2.05) is 11.8 Å². The fraction of sp³-hybridized carbons (Fsp3) is 0.522. The molecule has 1 saturated heterocycles. The summed E-state index contributed by atoms with van der Waals surface area (Å²) in [5.41, 5.74) is 5.51. The molecule has 6 nitrogen and oxygen atoms in total. The average molecular weight is 395 g/mol. The molecule has 0 saturated carbocycles. The van der Waals surface area contributed by atoms with Gasteiger partial charge in [-0.1, -0.05) is 12.1 Å². The van der Waals surface area contributed by atoms with Gasteiger partial charge in [-0.3, -0.25) is 9.59 Å². The largest absolute Gasteiger partial charge is 0.368 e. The number of anilines is 1. The highest BCUT2D eigenvalue weighted by Gasteiger charge is 2.30. The molecular weight excluding hydrogens is 364 g/mol. The van der Waals surface area contributed by atoms with Gasteiger partial charge in [0.1, 0.15) is 5.82 Å². The van der Waals surface area contributed by atoms with Crippen LogP contribution in [0.2, 0.25) is 0 Å². The van der Waals surface area contributed by atoms with Crippen molar-refractivity contribution in [1.29, 1.82) is 0 Å². The van der Waals surface area contributed by atoms with E-state index in [0.29, 0.717) is 18.7 Å². The first-order valence-corrected chi connectivity index (χ1v) is 10.6. The maximum absolute atomic E-state index is 13.2. The lowest BCUT2D eigenvalue weighted by Crippen LogP contribution is -2.50. The van der Waals surface area contributed by atoms with Gasteiger partial charge in [0.15, 0.2) is 0 Å². The second kappa shape index (κ2) is 8.01. The van der Waals surface area contributed by atoms with Crippen molar-refractivity contribution in [2.24, 2.45) is 5.92 Å². The highest BCUT2D eigenvalue weighted by atomic mass is 16.2. The summed E-state index contributed by atoms with van der Waals surface area (Å²) in [6, 6.07) is 6.43. The van der Waals surface area contributed by atoms with Crippen LogP contribution in [0.4, 0.5) is 5.69 Å². The van der Waals surface area contributed by atoms with Crippen LogP contribution >= 0.6 is 0 Å². The zero-order chi connectivity index (χ0) is 20.5. The molecule has 1 aromatic heterocycles. The van der Waals surface area contributed by atoms with E-state index >= 15 is 0 Å². The first-order chi connectivity index (χ1) is 13.9. The van der Waals surface area contributed by atoms with E-state index in [2.05, 4.69) is 46.9 Å². The number of carbonyl (C=O) groups is 1. The molecule has 1 fully saturated rings. The first kappa shape index (κ1) is 19.7. The summed E-state index contributed by atoms with van der Waals surface area (Å²) in [6.45, 7) is 9.37. The lowest BCUT2D eigenvalue weighted by atomic mass is 9.97. The number of fused-ring (bicyclic) bond motifs is 1. The lowest BCUT2D eigenvalue weighted by Gasteiger charge is -2.38. The number of rotatable bonds is 2. The number of aromatic nitrogens is 2. The van der Waals surface area contributed by atoms with Crippen LogP contribution in [-0.4, -0.2) is 47.0 Å². The Morgan fingerprint density at radius 2 is 1.79 bits per heavy atom. The van der Waals surface area contributed by atoms with Crippen molar-refractivity contribution in [2.75, 3.05) is 31.1 Å². The maximum atomic E-state index is 13.2. The molecule has 154 valence electrons. The minimum atomic E-state index is -0.0391. The number of carbonyl (C=O) groups excluding carboxylic acids is 1. The quantitative estimate of drug-likeness (QED) is 0.795. The molecule has 6 heteroatoms. The molecule has 1 unspecified atom stereocenters. The van der Waals surface area contributed by atoms with E-state index < -0.39 is 0 Å². The zero-order valence-corrected chi connectivity index (χ0v) is 17.6. The van der Waals surface area contributed by atoms with Gasteiger partial charge in [0, 0.05) is 43.3 Å².